The Kier molecular flexibility index (Phi) is 4.19. The second kappa shape index (κ2) is 5.57. The number of carbonyl (C=O) groups excluding carboxylic acids is 1. The van der Waals surface area contributed by atoms with Crippen LogP contribution in [-0.2, 0) is 14.3 Å². The Morgan fingerprint density at radius 1 is 1.15 bits per heavy atom. The molecular weight excluding hydrogens is 264 g/mol. The first-order chi connectivity index (χ1) is 9.37. The predicted octanol–water partition coefficient (Wildman–Crippen LogP) is 0.441. The zero-order chi connectivity index (χ0) is 14.8. The van der Waals surface area contributed by atoms with E-state index in [2.05, 4.69) is 5.32 Å². The van der Waals surface area contributed by atoms with Crippen LogP contribution in [0.4, 0.5) is 4.79 Å². The van der Waals surface area contributed by atoms with Crippen LogP contribution in [0.2, 0.25) is 0 Å². The van der Waals surface area contributed by atoms with E-state index in [9.17, 15) is 14.7 Å². The minimum absolute atomic E-state index is 0.291. The van der Waals surface area contributed by atoms with E-state index in [0.29, 0.717) is 45.8 Å². The maximum Gasteiger partial charge on any atom is 0.329 e. The van der Waals surface area contributed by atoms with Gasteiger partial charge in [0.2, 0.25) is 0 Å². The second-order valence-electron chi connectivity index (χ2n) is 5.95. The van der Waals surface area contributed by atoms with E-state index >= 15 is 0 Å². The number of hydrogen-bond donors (Lipinski definition) is 2. The number of carbonyl (C=O) groups is 2. The summed E-state index contributed by atoms with van der Waals surface area (Å²) in [7, 11) is 0. The normalized spacial score (nSPS) is 25.0. The first kappa shape index (κ1) is 15.1. The molecule has 0 aromatic rings. The van der Waals surface area contributed by atoms with Gasteiger partial charge in [-0.3, -0.25) is 0 Å². The van der Waals surface area contributed by atoms with Gasteiger partial charge in [0.25, 0.3) is 0 Å². The molecule has 2 N–H and O–H groups in total. The van der Waals surface area contributed by atoms with Gasteiger partial charge in [-0.25, -0.2) is 9.59 Å². The molecule has 2 aliphatic rings. The highest BCUT2D eigenvalue weighted by molar-refractivity contribution is 5.86. The van der Waals surface area contributed by atoms with Crippen LogP contribution in [-0.4, -0.2) is 66.1 Å². The van der Waals surface area contributed by atoms with E-state index < -0.39 is 17.0 Å². The van der Waals surface area contributed by atoms with Gasteiger partial charge in [-0.15, -0.1) is 0 Å². The fourth-order valence-corrected chi connectivity index (χ4v) is 2.62. The van der Waals surface area contributed by atoms with Gasteiger partial charge in [0.05, 0.1) is 18.8 Å². The Labute approximate surface area is 118 Å². The number of carboxylic acids is 1. The number of rotatable bonds is 2. The van der Waals surface area contributed by atoms with Crippen molar-refractivity contribution in [3.05, 3.63) is 0 Å². The van der Waals surface area contributed by atoms with Gasteiger partial charge < -0.3 is 24.8 Å². The lowest BCUT2D eigenvalue weighted by Gasteiger charge is -2.44. The third-order valence-electron chi connectivity index (χ3n) is 3.99. The molecule has 0 aromatic carbocycles. The summed E-state index contributed by atoms with van der Waals surface area (Å²) in [6.07, 6.45) is 0.581. The smallest absolute Gasteiger partial charge is 0.329 e. The van der Waals surface area contributed by atoms with Crippen LogP contribution in [0, 0.1) is 0 Å². The number of morpholine rings is 1. The molecule has 20 heavy (non-hydrogen) atoms. The number of aliphatic carboxylic acids is 1. The highest BCUT2D eigenvalue weighted by Crippen LogP contribution is 2.24. The van der Waals surface area contributed by atoms with Crippen LogP contribution in [0.3, 0.4) is 0 Å². The summed E-state index contributed by atoms with van der Waals surface area (Å²) in [6, 6.07) is -0.345. The van der Waals surface area contributed by atoms with E-state index in [1.807, 2.05) is 13.8 Å². The number of hydrogen-bond acceptors (Lipinski definition) is 4. The molecule has 2 aliphatic heterocycles. The highest BCUT2D eigenvalue weighted by Gasteiger charge is 2.44. The van der Waals surface area contributed by atoms with Crippen LogP contribution >= 0.6 is 0 Å². The van der Waals surface area contributed by atoms with Gasteiger partial charge >= 0.3 is 12.0 Å². The molecule has 114 valence electrons. The molecule has 0 bridgehead atoms. The number of nitrogens with zero attached hydrogens (tertiary/aromatic N) is 1. The third kappa shape index (κ3) is 2.88. The monoisotopic (exact) mass is 286 g/mol. The molecule has 2 heterocycles. The summed E-state index contributed by atoms with van der Waals surface area (Å²) in [4.78, 5) is 25.6. The average Bonchev–Trinajstić information content (AvgIpc) is 2.38. The fourth-order valence-electron chi connectivity index (χ4n) is 2.62. The molecule has 0 saturated carbocycles. The first-order valence-corrected chi connectivity index (χ1v) is 6.86. The van der Waals surface area contributed by atoms with Crippen molar-refractivity contribution in [1.29, 1.82) is 0 Å². The molecule has 0 atom stereocenters. The number of ether oxygens (including phenoxy) is 2. The molecule has 2 fully saturated rings. The molecule has 2 saturated heterocycles. The lowest BCUT2D eigenvalue weighted by atomic mass is 9.90. The minimum Gasteiger partial charge on any atom is -0.480 e. The predicted molar refractivity (Wildman–Crippen MR) is 70.6 cm³/mol. The topological polar surface area (TPSA) is 88.1 Å². The zero-order valence-corrected chi connectivity index (χ0v) is 12.0. The largest absolute Gasteiger partial charge is 0.480 e. The van der Waals surface area contributed by atoms with Crippen molar-refractivity contribution in [3.8, 4) is 0 Å². The standard InChI is InChI=1S/C13H22N2O5/c1-12(2)9-20-8-5-15(12)11(18)14-13(10(16)17)3-6-19-7-4-13/h3-9H2,1-2H3,(H,14,18)(H,16,17). The van der Waals surface area contributed by atoms with Crippen molar-refractivity contribution >= 4 is 12.0 Å². The van der Waals surface area contributed by atoms with E-state index in [4.69, 9.17) is 9.47 Å². The maximum absolute atomic E-state index is 12.4. The number of amides is 2. The molecule has 0 aliphatic carbocycles. The summed E-state index contributed by atoms with van der Waals surface area (Å²) in [5.74, 6) is -1.000. The number of carboxylic acid groups (broad SMARTS) is 1. The van der Waals surface area contributed by atoms with Crippen LogP contribution in [0.5, 0.6) is 0 Å². The van der Waals surface area contributed by atoms with Crippen molar-refractivity contribution in [3.63, 3.8) is 0 Å². The fraction of sp³-hybridized carbons (Fsp3) is 0.846. The zero-order valence-electron chi connectivity index (χ0n) is 12.0. The Morgan fingerprint density at radius 2 is 1.80 bits per heavy atom. The summed E-state index contributed by atoms with van der Waals surface area (Å²) in [5, 5.41) is 12.2. The van der Waals surface area contributed by atoms with Gasteiger partial charge in [0, 0.05) is 32.6 Å². The molecule has 0 aromatic heterocycles. The summed E-state index contributed by atoms with van der Waals surface area (Å²) < 4.78 is 10.6. The maximum atomic E-state index is 12.4. The van der Waals surface area contributed by atoms with Gasteiger partial charge in [-0.1, -0.05) is 0 Å². The summed E-state index contributed by atoms with van der Waals surface area (Å²) in [6.45, 7) is 5.89. The van der Waals surface area contributed by atoms with E-state index in [-0.39, 0.29) is 6.03 Å². The van der Waals surface area contributed by atoms with E-state index in [1.165, 1.54) is 0 Å². The molecule has 2 rings (SSSR count). The minimum atomic E-state index is -1.22. The Morgan fingerprint density at radius 3 is 2.35 bits per heavy atom. The van der Waals surface area contributed by atoms with Gasteiger partial charge in [-0.2, -0.15) is 0 Å². The van der Waals surface area contributed by atoms with Crippen molar-refractivity contribution in [1.82, 2.24) is 10.2 Å². The quantitative estimate of drug-likeness (QED) is 0.769. The second-order valence-corrected chi connectivity index (χ2v) is 5.95. The van der Waals surface area contributed by atoms with E-state index in [1.54, 1.807) is 4.90 Å². The van der Waals surface area contributed by atoms with Crippen molar-refractivity contribution < 1.29 is 24.2 Å². The summed E-state index contributed by atoms with van der Waals surface area (Å²) >= 11 is 0. The Bertz CT molecular complexity index is 390. The van der Waals surface area contributed by atoms with Gasteiger partial charge in [0.15, 0.2) is 0 Å². The van der Waals surface area contributed by atoms with Crippen LogP contribution < -0.4 is 5.32 Å². The lowest BCUT2D eigenvalue weighted by Crippen LogP contribution is -2.65. The van der Waals surface area contributed by atoms with Crippen LogP contribution in [0.15, 0.2) is 0 Å². The molecule has 0 unspecified atom stereocenters. The Balaban J connectivity index is 2.10. The lowest BCUT2D eigenvalue weighted by molar-refractivity contribution is -0.148. The molecule has 0 spiro atoms. The summed E-state index contributed by atoms with van der Waals surface area (Å²) in [5.41, 5.74) is -1.66. The van der Waals surface area contributed by atoms with Gasteiger partial charge in [-0.05, 0) is 13.8 Å². The Hall–Kier alpha value is -1.34. The molecular formula is C13H22N2O5. The average molecular weight is 286 g/mol. The number of urea groups is 1. The van der Waals surface area contributed by atoms with Crippen LogP contribution in [0.1, 0.15) is 26.7 Å². The number of nitrogens with one attached hydrogen (secondary N) is 1. The van der Waals surface area contributed by atoms with Gasteiger partial charge in [0.1, 0.15) is 5.54 Å². The molecule has 0 radical (unpaired) electrons. The van der Waals surface area contributed by atoms with Crippen molar-refractivity contribution in [2.45, 2.75) is 37.8 Å². The van der Waals surface area contributed by atoms with Crippen molar-refractivity contribution in [2.75, 3.05) is 33.0 Å². The first-order valence-electron chi connectivity index (χ1n) is 6.86. The SMILES string of the molecule is CC1(C)COCCN1C(=O)NC1(C(=O)O)CCOCC1. The molecule has 7 nitrogen and oxygen atoms in total. The molecule has 2 amide bonds. The molecule has 7 heteroatoms. The van der Waals surface area contributed by atoms with Crippen molar-refractivity contribution in [2.24, 2.45) is 0 Å². The third-order valence-corrected chi connectivity index (χ3v) is 3.99. The highest BCUT2D eigenvalue weighted by atomic mass is 16.5. The van der Waals surface area contributed by atoms with Crippen LogP contribution in [0.25, 0.3) is 0 Å². The van der Waals surface area contributed by atoms with E-state index in [0.717, 1.165) is 0 Å².